The predicted molar refractivity (Wildman–Crippen MR) is 71.6 cm³/mol. The van der Waals surface area contributed by atoms with Gasteiger partial charge in [0.05, 0.1) is 0 Å². The van der Waals surface area contributed by atoms with Crippen molar-refractivity contribution in [3.8, 4) is 0 Å². The topological polar surface area (TPSA) is 69.6 Å². The lowest BCUT2D eigenvalue weighted by Gasteiger charge is -2.34. The summed E-state index contributed by atoms with van der Waals surface area (Å²) in [7, 11) is 0. The van der Waals surface area contributed by atoms with Crippen molar-refractivity contribution in [2.45, 2.75) is 53.0 Å². The first-order valence-electron chi connectivity index (χ1n) is 6.59. The van der Waals surface area contributed by atoms with Gasteiger partial charge < -0.3 is 15.3 Å². The Balaban J connectivity index is 4.59. The SMILES string of the molecule is CCC(CC)CNC(=O)N(CC)C(C)(C)C(=O)O. The molecule has 0 rings (SSSR count). The minimum Gasteiger partial charge on any atom is -0.480 e. The third-order valence-corrected chi connectivity index (χ3v) is 3.46. The third kappa shape index (κ3) is 4.20. The summed E-state index contributed by atoms with van der Waals surface area (Å²) in [5.41, 5.74) is -1.19. The summed E-state index contributed by atoms with van der Waals surface area (Å²) < 4.78 is 0. The highest BCUT2D eigenvalue weighted by Gasteiger charge is 2.36. The molecule has 0 saturated heterocycles. The fourth-order valence-corrected chi connectivity index (χ4v) is 1.81. The van der Waals surface area contributed by atoms with Crippen molar-refractivity contribution in [3.05, 3.63) is 0 Å². The first-order valence-corrected chi connectivity index (χ1v) is 6.59. The van der Waals surface area contributed by atoms with E-state index < -0.39 is 11.5 Å². The minimum absolute atomic E-state index is 0.309. The van der Waals surface area contributed by atoms with Gasteiger partial charge in [-0.05, 0) is 26.7 Å². The van der Waals surface area contributed by atoms with Crippen molar-refractivity contribution in [1.29, 1.82) is 0 Å². The molecular formula is C13H26N2O3. The van der Waals surface area contributed by atoms with Crippen LogP contribution in [0.3, 0.4) is 0 Å². The fourth-order valence-electron chi connectivity index (χ4n) is 1.81. The number of aliphatic carboxylic acids is 1. The molecular weight excluding hydrogens is 232 g/mol. The molecule has 0 aromatic carbocycles. The number of carbonyl (C=O) groups is 2. The van der Waals surface area contributed by atoms with Crippen molar-refractivity contribution in [2.24, 2.45) is 5.92 Å². The summed E-state index contributed by atoms with van der Waals surface area (Å²) in [4.78, 5) is 24.5. The summed E-state index contributed by atoms with van der Waals surface area (Å²) in [6.07, 6.45) is 2.01. The third-order valence-electron chi connectivity index (χ3n) is 3.46. The lowest BCUT2D eigenvalue weighted by Crippen LogP contribution is -2.56. The van der Waals surface area contributed by atoms with E-state index in [1.165, 1.54) is 18.7 Å². The van der Waals surface area contributed by atoms with Crippen molar-refractivity contribution in [1.82, 2.24) is 10.2 Å². The first kappa shape index (κ1) is 16.7. The lowest BCUT2D eigenvalue weighted by atomic mass is 10.0. The number of nitrogens with zero attached hydrogens (tertiary/aromatic N) is 1. The van der Waals surface area contributed by atoms with Gasteiger partial charge in [0.1, 0.15) is 5.54 Å². The van der Waals surface area contributed by atoms with Crippen LogP contribution in [0.25, 0.3) is 0 Å². The zero-order valence-corrected chi connectivity index (χ0v) is 12.1. The summed E-state index contributed by atoms with van der Waals surface area (Å²) >= 11 is 0. The van der Waals surface area contributed by atoms with Crippen LogP contribution in [0, 0.1) is 5.92 Å². The lowest BCUT2D eigenvalue weighted by molar-refractivity contribution is -0.147. The van der Waals surface area contributed by atoms with Crippen molar-refractivity contribution < 1.29 is 14.7 Å². The summed E-state index contributed by atoms with van der Waals surface area (Å²) in [6, 6.07) is -0.309. The molecule has 5 heteroatoms. The van der Waals surface area contributed by atoms with Gasteiger partial charge in [-0.3, -0.25) is 0 Å². The van der Waals surface area contributed by atoms with Crippen LogP contribution < -0.4 is 5.32 Å². The fraction of sp³-hybridized carbons (Fsp3) is 0.846. The molecule has 0 unspecified atom stereocenters. The largest absolute Gasteiger partial charge is 0.480 e. The summed E-state index contributed by atoms with van der Waals surface area (Å²) in [5, 5.41) is 12.0. The molecule has 5 nitrogen and oxygen atoms in total. The van der Waals surface area contributed by atoms with Gasteiger partial charge in [0.25, 0.3) is 0 Å². The zero-order valence-electron chi connectivity index (χ0n) is 12.1. The number of hydrogen-bond donors (Lipinski definition) is 2. The highest BCUT2D eigenvalue weighted by Crippen LogP contribution is 2.15. The Morgan fingerprint density at radius 3 is 2.06 bits per heavy atom. The van der Waals surface area contributed by atoms with Gasteiger partial charge in [-0.25, -0.2) is 9.59 Å². The number of likely N-dealkylation sites (N-methyl/N-ethyl adjacent to an activating group) is 1. The van der Waals surface area contributed by atoms with Crippen LogP contribution in [0.2, 0.25) is 0 Å². The Kier molecular flexibility index (Phi) is 6.73. The maximum Gasteiger partial charge on any atom is 0.329 e. The molecule has 2 amide bonds. The van der Waals surface area contributed by atoms with Gasteiger partial charge >= 0.3 is 12.0 Å². The molecule has 0 aliphatic heterocycles. The Morgan fingerprint density at radius 1 is 1.22 bits per heavy atom. The van der Waals surface area contributed by atoms with Crippen LogP contribution in [0.4, 0.5) is 4.79 Å². The summed E-state index contributed by atoms with van der Waals surface area (Å²) in [6.45, 7) is 9.98. The van der Waals surface area contributed by atoms with E-state index in [1.807, 2.05) is 0 Å². The second-order valence-corrected chi connectivity index (χ2v) is 4.98. The van der Waals surface area contributed by atoms with Gasteiger partial charge in [-0.1, -0.05) is 26.7 Å². The van der Waals surface area contributed by atoms with E-state index in [2.05, 4.69) is 19.2 Å². The number of amides is 2. The Bertz CT molecular complexity index is 286. The van der Waals surface area contributed by atoms with E-state index in [1.54, 1.807) is 6.92 Å². The summed E-state index contributed by atoms with van der Waals surface area (Å²) in [5.74, 6) is -0.553. The number of rotatable bonds is 7. The molecule has 0 saturated carbocycles. The highest BCUT2D eigenvalue weighted by molar-refractivity contribution is 5.85. The number of hydrogen-bond acceptors (Lipinski definition) is 2. The molecule has 106 valence electrons. The Hall–Kier alpha value is -1.26. The molecule has 0 aromatic heterocycles. The second kappa shape index (κ2) is 7.24. The number of carboxylic acid groups (broad SMARTS) is 1. The van der Waals surface area contributed by atoms with Gasteiger partial charge in [-0.15, -0.1) is 0 Å². The molecule has 0 aromatic rings. The molecule has 2 N–H and O–H groups in total. The average Bonchev–Trinajstić information content (AvgIpc) is 2.30. The molecule has 0 atom stereocenters. The van der Waals surface area contributed by atoms with Crippen LogP contribution in [0.15, 0.2) is 0 Å². The Labute approximate surface area is 110 Å². The van der Waals surface area contributed by atoms with E-state index in [0.29, 0.717) is 19.0 Å². The molecule has 0 radical (unpaired) electrons. The quantitative estimate of drug-likeness (QED) is 0.736. The number of carbonyl (C=O) groups excluding carboxylic acids is 1. The molecule has 0 aliphatic carbocycles. The van der Waals surface area contributed by atoms with Crippen LogP contribution in [0.1, 0.15) is 47.5 Å². The molecule has 0 bridgehead atoms. The predicted octanol–water partition coefficient (Wildman–Crippen LogP) is 2.32. The number of nitrogens with one attached hydrogen (secondary N) is 1. The smallest absolute Gasteiger partial charge is 0.329 e. The molecule has 0 aliphatic rings. The van der Waals surface area contributed by atoms with Crippen LogP contribution in [-0.2, 0) is 4.79 Å². The molecule has 18 heavy (non-hydrogen) atoms. The first-order chi connectivity index (χ1) is 8.31. The number of carboxylic acids is 1. The maximum absolute atomic E-state index is 12.0. The maximum atomic E-state index is 12.0. The van der Waals surface area contributed by atoms with Crippen LogP contribution >= 0.6 is 0 Å². The van der Waals surface area contributed by atoms with E-state index in [-0.39, 0.29) is 6.03 Å². The van der Waals surface area contributed by atoms with E-state index in [0.717, 1.165) is 12.8 Å². The Morgan fingerprint density at radius 2 is 1.72 bits per heavy atom. The van der Waals surface area contributed by atoms with Crippen LogP contribution in [0.5, 0.6) is 0 Å². The molecule has 0 heterocycles. The van der Waals surface area contributed by atoms with Gasteiger partial charge in [0, 0.05) is 13.1 Å². The van der Waals surface area contributed by atoms with Gasteiger partial charge in [-0.2, -0.15) is 0 Å². The highest BCUT2D eigenvalue weighted by atomic mass is 16.4. The van der Waals surface area contributed by atoms with Gasteiger partial charge in [0.15, 0.2) is 0 Å². The van der Waals surface area contributed by atoms with Crippen molar-refractivity contribution in [2.75, 3.05) is 13.1 Å². The van der Waals surface area contributed by atoms with E-state index >= 15 is 0 Å². The second-order valence-electron chi connectivity index (χ2n) is 4.98. The van der Waals surface area contributed by atoms with Crippen molar-refractivity contribution in [3.63, 3.8) is 0 Å². The zero-order chi connectivity index (χ0) is 14.3. The van der Waals surface area contributed by atoms with Crippen molar-refractivity contribution >= 4 is 12.0 Å². The van der Waals surface area contributed by atoms with Crippen LogP contribution in [-0.4, -0.2) is 40.6 Å². The van der Waals surface area contributed by atoms with Gasteiger partial charge in [0.2, 0.25) is 0 Å². The molecule has 0 fully saturated rings. The van der Waals surface area contributed by atoms with E-state index in [9.17, 15) is 9.59 Å². The average molecular weight is 258 g/mol. The number of urea groups is 1. The molecule has 0 spiro atoms. The standard InChI is InChI=1S/C13H26N2O3/c1-6-10(7-2)9-14-12(18)15(8-3)13(4,5)11(16)17/h10H,6-9H2,1-5H3,(H,14,18)(H,16,17). The minimum atomic E-state index is -1.19. The normalized spacial score (nSPS) is 11.4. The monoisotopic (exact) mass is 258 g/mol. The van der Waals surface area contributed by atoms with E-state index in [4.69, 9.17) is 5.11 Å².